The highest BCUT2D eigenvalue weighted by Crippen LogP contribution is 2.22. The summed E-state index contributed by atoms with van der Waals surface area (Å²) in [5, 5.41) is 13.3. The number of nitrogen functional groups attached to an aromatic ring is 1. The Kier molecular flexibility index (Phi) is 3.62. The number of nitrogens with two attached hydrogens (primary N) is 1. The minimum absolute atomic E-state index is 0.0396. The van der Waals surface area contributed by atoms with Gasteiger partial charge in [-0.15, -0.1) is 0 Å². The van der Waals surface area contributed by atoms with E-state index in [1.165, 1.54) is 6.07 Å². The van der Waals surface area contributed by atoms with Crippen LogP contribution < -0.4 is 11.1 Å². The van der Waals surface area contributed by atoms with Gasteiger partial charge in [-0.3, -0.25) is 9.78 Å². The van der Waals surface area contributed by atoms with Gasteiger partial charge in [-0.1, -0.05) is 18.2 Å². The standard InChI is InChI=1S/C17H15N3O2/c18-12-6-8-14-11(9-12)5-7-13(19-14)10-17(22)20-15-3-1-2-4-16(15)21/h1-9,21H,10,18H2,(H,20,22). The molecule has 3 rings (SSSR count). The van der Waals surface area contributed by atoms with Crippen LogP contribution in [0, 0.1) is 0 Å². The van der Waals surface area contributed by atoms with Gasteiger partial charge in [0.2, 0.25) is 5.91 Å². The number of pyridine rings is 1. The molecule has 1 heterocycles. The van der Waals surface area contributed by atoms with Gasteiger partial charge in [0, 0.05) is 11.1 Å². The largest absolute Gasteiger partial charge is 0.506 e. The van der Waals surface area contributed by atoms with Crippen molar-refractivity contribution in [1.82, 2.24) is 4.98 Å². The van der Waals surface area contributed by atoms with Gasteiger partial charge in [0.05, 0.1) is 23.3 Å². The first-order chi connectivity index (χ1) is 10.6. The monoisotopic (exact) mass is 293 g/mol. The number of fused-ring (bicyclic) bond motifs is 1. The molecule has 0 atom stereocenters. The van der Waals surface area contributed by atoms with Crippen molar-refractivity contribution in [1.29, 1.82) is 0 Å². The highest BCUT2D eigenvalue weighted by atomic mass is 16.3. The summed E-state index contributed by atoms with van der Waals surface area (Å²) in [6.45, 7) is 0. The highest BCUT2D eigenvalue weighted by molar-refractivity contribution is 5.93. The predicted octanol–water partition coefficient (Wildman–Crippen LogP) is 2.70. The molecule has 0 saturated carbocycles. The molecule has 2 aromatic carbocycles. The first kappa shape index (κ1) is 13.9. The van der Waals surface area contributed by atoms with Crippen molar-refractivity contribution in [2.75, 3.05) is 11.1 Å². The van der Waals surface area contributed by atoms with E-state index in [1.54, 1.807) is 30.3 Å². The van der Waals surface area contributed by atoms with Crippen molar-refractivity contribution >= 4 is 28.2 Å². The van der Waals surface area contributed by atoms with E-state index < -0.39 is 0 Å². The van der Waals surface area contributed by atoms with Crippen LogP contribution in [-0.2, 0) is 11.2 Å². The fourth-order valence-electron chi connectivity index (χ4n) is 2.22. The number of anilines is 2. The average Bonchev–Trinajstić information content (AvgIpc) is 2.50. The van der Waals surface area contributed by atoms with Crippen molar-refractivity contribution in [2.45, 2.75) is 6.42 Å². The van der Waals surface area contributed by atoms with Gasteiger partial charge in [-0.05, 0) is 36.4 Å². The molecule has 0 fully saturated rings. The molecular formula is C17H15N3O2. The minimum Gasteiger partial charge on any atom is -0.506 e. The van der Waals surface area contributed by atoms with E-state index >= 15 is 0 Å². The molecule has 1 aromatic heterocycles. The van der Waals surface area contributed by atoms with Gasteiger partial charge >= 0.3 is 0 Å². The van der Waals surface area contributed by atoms with E-state index in [1.807, 2.05) is 18.2 Å². The van der Waals surface area contributed by atoms with Crippen LogP contribution in [0.3, 0.4) is 0 Å². The van der Waals surface area contributed by atoms with Gasteiger partial charge in [0.15, 0.2) is 0 Å². The molecule has 0 radical (unpaired) electrons. The zero-order chi connectivity index (χ0) is 15.5. The number of phenols is 1. The number of para-hydroxylation sites is 2. The Morgan fingerprint density at radius 3 is 2.77 bits per heavy atom. The lowest BCUT2D eigenvalue weighted by Crippen LogP contribution is -2.15. The van der Waals surface area contributed by atoms with Crippen molar-refractivity contribution < 1.29 is 9.90 Å². The number of rotatable bonds is 3. The van der Waals surface area contributed by atoms with Crippen molar-refractivity contribution in [2.24, 2.45) is 0 Å². The van der Waals surface area contributed by atoms with Gasteiger partial charge in [0.25, 0.3) is 0 Å². The summed E-state index contributed by atoms with van der Waals surface area (Å²) < 4.78 is 0. The fourth-order valence-corrected chi connectivity index (χ4v) is 2.22. The topological polar surface area (TPSA) is 88.2 Å². The number of benzene rings is 2. The van der Waals surface area contributed by atoms with Gasteiger partial charge in [-0.2, -0.15) is 0 Å². The fraction of sp³-hybridized carbons (Fsp3) is 0.0588. The summed E-state index contributed by atoms with van der Waals surface area (Å²) in [5.74, 6) is -0.193. The number of nitrogens with zero attached hydrogens (tertiary/aromatic N) is 1. The summed E-state index contributed by atoms with van der Waals surface area (Å²) >= 11 is 0. The minimum atomic E-state index is -0.233. The molecule has 5 heteroatoms. The molecule has 0 aliphatic rings. The maximum Gasteiger partial charge on any atom is 0.230 e. The van der Waals surface area contributed by atoms with E-state index in [2.05, 4.69) is 10.3 Å². The van der Waals surface area contributed by atoms with E-state index in [0.717, 1.165) is 10.9 Å². The Morgan fingerprint density at radius 1 is 1.14 bits per heavy atom. The second-order valence-corrected chi connectivity index (χ2v) is 5.00. The third-order valence-corrected chi connectivity index (χ3v) is 3.29. The van der Waals surface area contributed by atoms with Crippen LogP contribution in [0.1, 0.15) is 5.69 Å². The molecule has 0 unspecified atom stereocenters. The van der Waals surface area contributed by atoms with Crippen molar-refractivity contribution in [3.05, 3.63) is 60.3 Å². The van der Waals surface area contributed by atoms with E-state index in [4.69, 9.17) is 5.73 Å². The molecule has 0 aliphatic heterocycles. The Morgan fingerprint density at radius 2 is 1.95 bits per heavy atom. The Labute approximate surface area is 127 Å². The normalized spacial score (nSPS) is 10.5. The van der Waals surface area contributed by atoms with E-state index in [0.29, 0.717) is 17.1 Å². The average molecular weight is 293 g/mol. The van der Waals surface area contributed by atoms with Gasteiger partial charge in [-0.25, -0.2) is 0 Å². The Bertz CT molecular complexity index is 846. The first-order valence-corrected chi connectivity index (χ1v) is 6.85. The summed E-state index contributed by atoms with van der Waals surface area (Å²) in [7, 11) is 0. The van der Waals surface area contributed by atoms with Crippen molar-refractivity contribution in [3.63, 3.8) is 0 Å². The third-order valence-electron chi connectivity index (χ3n) is 3.29. The van der Waals surface area contributed by atoms with Crippen LogP contribution in [0.25, 0.3) is 10.9 Å². The number of aromatic hydroxyl groups is 1. The maximum atomic E-state index is 12.0. The molecular weight excluding hydrogens is 278 g/mol. The first-order valence-electron chi connectivity index (χ1n) is 6.85. The molecule has 3 aromatic rings. The second-order valence-electron chi connectivity index (χ2n) is 5.00. The van der Waals surface area contributed by atoms with Crippen molar-refractivity contribution in [3.8, 4) is 5.75 Å². The molecule has 5 nitrogen and oxygen atoms in total. The van der Waals surface area contributed by atoms with Gasteiger partial charge in [0.1, 0.15) is 5.75 Å². The number of aromatic nitrogens is 1. The summed E-state index contributed by atoms with van der Waals surface area (Å²) in [6.07, 6.45) is 0.134. The Balaban J connectivity index is 1.76. The van der Waals surface area contributed by atoms with E-state index in [-0.39, 0.29) is 18.1 Å². The number of amides is 1. The number of nitrogens with one attached hydrogen (secondary N) is 1. The number of hydrogen-bond donors (Lipinski definition) is 3. The quantitative estimate of drug-likeness (QED) is 0.512. The number of phenolic OH excluding ortho intramolecular Hbond substituents is 1. The number of hydrogen-bond acceptors (Lipinski definition) is 4. The van der Waals surface area contributed by atoms with E-state index in [9.17, 15) is 9.90 Å². The zero-order valence-electron chi connectivity index (χ0n) is 11.8. The molecule has 110 valence electrons. The smallest absolute Gasteiger partial charge is 0.230 e. The maximum absolute atomic E-state index is 12.0. The summed E-state index contributed by atoms with van der Waals surface area (Å²) in [4.78, 5) is 16.5. The lowest BCUT2D eigenvalue weighted by molar-refractivity contribution is -0.115. The van der Waals surface area contributed by atoms with Crippen LogP contribution in [0.5, 0.6) is 5.75 Å². The molecule has 0 saturated heterocycles. The van der Waals surface area contributed by atoms with Crippen LogP contribution in [-0.4, -0.2) is 16.0 Å². The summed E-state index contributed by atoms with van der Waals surface area (Å²) in [5.41, 5.74) is 8.25. The molecule has 4 N–H and O–H groups in total. The summed E-state index contributed by atoms with van der Waals surface area (Å²) in [6, 6.07) is 15.7. The SMILES string of the molecule is Nc1ccc2nc(CC(=O)Nc3ccccc3O)ccc2c1. The number of carbonyl (C=O) groups is 1. The van der Waals surface area contributed by atoms with Crippen LogP contribution in [0.4, 0.5) is 11.4 Å². The predicted molar refractivity (Wildman–Crippen MR) is 86.6 cm³/mol. The lowest BCUT2D eigenvalue weighted by atomic mass is 10.1. The molecule has 22 heavy (non-hydrogen) atoms. The zero-order valence-corrected chi connectivity index (χ0v) is 11.8. The molecule has 1 amide bonds. The van der Waals surface area contributed by atoms with Crippen LogP contribution in [0.2, 0.25) is 0 Å². The third kappa shape index (κ3) is 2.98. The second kappa shape index (κ2) is 5.73. The highest BCUT2D eigenvalue weighted by Gasteiger charge is 2.08. The molecule has 0 spiro atoms. The molecule has 0 aliphatic carbocycles. The van der Waals surface area contributed by atoms with Crippen LogP contribution >= 0.6 is 0 Å². The van der Waals surface area contributed by atoms with Crippen LogP contribution in [0.15, 0.2) is 54.6 Å². The Hall–Kier alpha value is -3.08. The van der Waals surface area contributed by atoms with Gasteiger partial charge < -0.3 is 16.2 Å². The lowest BCUT2D eigenvalue weighted by Gasteiger charge is -2.07. The molecule has 0 bridgehead atoms. The number of carbonyl (C=O) groups excluding carboxylic acids is 1.